The van der Waals surface area contributed by atoms with Crippen LogP contribution in [0, 0.1) is 5.92 Å². The molecule has 18 heavy (non-hydrogen) atoms. The minimum absolute atomic E-state index is 0.0223. The molecule has 1 aliphatic carbocycles. The summed E-state index contributed by atoms with van der Waals surface area (Å²) in [6, 6.07) is 7.72. The fraction of sp³-hybridized carbons (Fsp3) is 0.571. The van der Waals surface area contributed by atoms with Gasteiger partial charge in [0.1, 0.15) is 0 Å². The van der Waals surface area contributed by atoms with Crippen molar-refractivity contribution in [3.63, 3.8) is 0 Å². The van der Waals surface area contributed by atoms with E-state index in [9.17, 15) is 8.78 Å². The highest BCUT2D eigenvalue weighted by Crippen LogP contribution is 2.38. The molecule has 100 valence electrons. The van der Waals surface area contributed by atoms with Gasteiger partial charge in [0.25, 0.3) is 0 Å². The normalized spacial score (nSPS) is 24.8. The van der Waals surface area contributed by atoms with Crippen LogP contribution in [0.4, 0.5) is 8.78 Å². The Labute approximate surface area is 115 Å². The zero-order valence-electron chi connectivity index (χ0n) is 10.2. The van der Waals surface area contributed by atoms with Gasteiger partial charge in [-0.2, -0.15) is 0 Å². The van der Waals surface area contributed by atoms with Crippen LogP contribution in [0.1, 0.15) is 31.2 Å². The number of rotatable bonds is 3. The lowest BCUT2D eigenvalue weighted by Gasteiger charge is -2.32. The molecule has 0 aromatic heterocycles. The number of hydrogen-bond donors (Lipinski definition) is 1. The first-order chi connectivity index (χ1) is 8.46. The summed E-state index contributed by atoms with van der Waals surface area (Å²) in [6.07, 6.45) is 2.06. The predicted molar refractivity (Wildman–Crippen MR) is 72.7 cm³/mol. The van der Waals surface area contributed by atoms with Gasteiger partial charge in [-0.25, -0.2) is 8.78 Å². The van der Waals surface area contributed by atoms with E-state index in [0.29, 0.717) is 12.8 Å². The van der Waals surface area contributed by atoms with Gasteiger partial charge < -0.3 is 5.73 Å². The first-order valence-corrected chi connectivity index (χ1v) is 7.13. The number of benzene rings is 1. The quantitative estimate of drug-likeness (QED) is 0.890. The van der Waals surface area contributed by atoms with E-state index in [0.717, 1.165) is 16.5 Å². The second kappa shape index (κ2) is 5.66. The summed E-state index contributed by atoms with van der Waals surface area (Å²) in [4.78, 5) is 0. The van der Waals surface area contributed by atoms with Crippen LogP contribution in [0.25, 0.3) is 0 Å². The smallest absolute Gasteiger partial charge is 0.248 e. The third-order valence-electron chi connectivity index (χ3n) is 3.67. The lowest BCUT2D eigenvalue weighted by molar-refractivity contribution is -0.0561. The predicted octanol–water partition coefficient (Wildman–Crippen LogP) is 4.14. The third kappa shape index (κ3) is 3.75. The zero-order chi connectivity index (χ0) is 13.2. The van der Waals surface area contributed by atoms with E-state index in [-0.39, 0.29) is 24.8 Å². The Kier molecular flexibility index (Phi) is 4.38. The van der Waals surface area contributed by atoms with Crippen LogP contribution in [0.5, 0.6) is 0 Å². The van der Waals surface area contributed by atoms with Crippen molar-refractivity contribution in [3.05, 3.63) is 34.3 Å². The average molecular weight is 318 g/mol. The monoisotopic (exact) mass is 317 g/mol. The van der Waals surface area contributed by atoms with Gasteiger partial charge in [0.15, 0.2) is 0 Å². The molecule has 1 saturated carbocycles. The fourth-order valence-corrected chi connectivity index (χ4v) is 2.90. The summed E-state index contributed by atoms with van der Waals surface area (Å²) in [5.41, 5.74) is 7.21. The van der Waals surface area contributed by atoms with Crippen molar-refractivity contribution < 1.29 is 8.78 Å². The number of halogens is 3. The van der Waals surface area contributed by atoms with Crippen LogP contribution >= 0.6 is 15.9 Å². The van der Waals surface area contributed by atoms with Crippen LogP contribution in [0.2, 0.25) is 0 Å². The van der Waals surface area contributed by atoms with E-state index in [1.807, 2.05) is 24.3 Å². The Balaban J connectivity index is 1.95. The second-order valence-electron chi connectivity index (χ2n) is 5.21. The molecule has 2 atom stereocenters. The first-order valence-electron chi connectivity index (χ1n) is 6.34. The Morgan fingerprint density at radius 1 is 1.33 bits per heavy atom. The van der Waals surface area contributed by atoms with Crippen molar-refractivity contribution in [2.45, 2.75) is 44.1 Å². The van der Waals surface area contributed by atoms with Gasteiger partial charge in [0.05, 0.1) is 0 Å². The van der Waals surface area contributed by atoms with Crippen molar-refractivity contribution in [2.24, 2.45) is 11.7 Å². The van der Waals surface area contributed by atoms with Crippen LogP contribution in [0.15, 0.2) is 28.7 Å². The van der Waals surface area contributed by atoms with E-state index >= 15 is 0 Å². The van der Waals surface area contributed by atoms with Gasteiger partial charge in [-0.05, 0) is 42.9 Å². The number of hydrogen-bond acceptors (Lipinski definition) is 1. The van der Waals surface area contributed by atoms with E-state index in [1.54, 1.807) is 0 Å². The summed E-state index contributed by atoms with van der Waals surface area (Å²) in [6.45, 7) is 0. The molecule has 0 aliphatic heterocycles. The van der Waals surface area contributed by atoms with Crippen molar-refractivity contribution in [1.29, 1.82) is 0 Å². The molecule has 0 heterocycles. The Morgan fingerprint density at radius 2 is 2.00 bits per heavy atom. The molecule has 2 unspecified atom stereocenters. The maximum Gasteiger partial charge on any atom is 0.248 e. The maximum atomic E-state index is 13.3. The summed E-state index contributed by atoms with van der Waals surface area (Å²) in [5, 5.41) is 0. The summed E-state index contributed by atoms with van der Waals surface area (Å²) < 4.78 is 27.7. The summed E-state index contributed by atoms with van der Waals surface area (Å²) in [5.74, 6) is -2.57. The fourth-order valence-electron chi connectivity index (χ4n) is 2.64. The summed E-state index contributed by atoms with van der Waals surface area (Å²) >= 11 is 3.37. The molecular weight excluding hydrogens is 300 g/mol. The number of alkyl halides is 2. The topological polar surface area (TPSA) is 26.0 Å². The molecule has 0 bridgehead atoms. The van der Waals surface area contributed by atoms with Crippen molar-refractivity contribution in [3.8, 4) is 0 Å². The summed E-state index contributed by atoms with van der Waals surface area (Å²) in [7, 11) is 0. The van der Waals surface area contributed by atoms with Crippen LogP contribution in [-0.4, -0.2) is 12.0 Å². The molecule has 4 heteroatoms. The molecule has 2 N–H and O–H groups in total. The first kappa shape index (κ1) is 13.9. The van der Waals surface area contributed by atoms with Crippen molar-refractivity contribution in [2.75, 3.05) is 0 Å². The minimum Gasteiger partial charge on any atom is -0.327 e. The van der Waals surface area contributed by atoms with Gasteiger partial charge in [-0.15, -0.1) is 0 Å². The Bertz CT molecular complexity index is 391. The van der Waals surface area contributed by atoms with E-state index in [2.05, 4.69) is 15.9 Å². The highest BCUT2D eigenvalue weighted by molar-refractivity contribution is 9.10. The molecule has 0 saturated heterocycles. The van der Waals surface area contributed by atoms with Crippen LogP contribution in [0.3, 0.4) is 0 Å². The van der Waals surface area contributed by atoms with Gasteiger partial charge in [-0.3, -0.25) is 0 Å². The number of nitrogens with two attached hydrogens (primary N) is 1. The lowest BCUT2D eigenvalue weighted by Crippen LogP contribution is -2.39. The standard InChI is InChI=1S/C14H18BrF2N/c15-12-5-3-10(4-6-12)8-13(18)11-2-1-7-14(16,17)9-11/h3-6,11,13H,1-2,7-9,18H2. The lowest BCUT2D eigenvalue weighted by atomic mass is 9.80. The molecule has 1 nitrogen and oxygen atoms in total. The van der Waals surface area contributed by atoms with E-state index in [1.165, 1.54) is 0 Å². The van der Waals surface area contributed by atoms with Gasteiger partial charge in [-0.1, -0.05) is 28.1 Å². The van der Waals surface area contributed by atoms with Gasteiger partial charge in [0.2, 0.25) is 5.92 Å². The highest BCUT2D eigenvalue weighted by atomic mass is 79.9. The Morgan fingerprint density at radius 3 is 2.61 bits per heavy atom. The molecule has 1 fully saturated rings. The molecule has 0 spiro atoms. The molecular formula is C14H18BrF2N. The molecule has 2 rings (SSSR count). The molecule has 1 aromatic carbocycles. The SMILES string of the molecule is NC(Cc1ccc(Br)cc1)C1CCCC(F)(F)C1. The molecule has 0 radical (unpaired) electrons. The van der Waals surface area contributed by atoms with Crippen molar-refractivity contribution >= 4 is 15.9 Å². The van der Waals surface area contributed by atoms with Gasteiger partial charge in [0, 0.05) is 23.4 Å². The van der Waals surface area contributed by atoms with E-state index < -0.39 is 5.92 Å². The maximum absolute atomic E-state index is 13.3. The largest absolute Gasteiger partial charge is 0.327 e. The van der Waals surface area contributed by atoms with Crippen LogP contribution < -0.4 is 5.73 Å². The molecule has 1 aliphatic rings. The van der Waals surface area contributed by atoms with E-state index in [4.69, 9.17) is 5.73 Å². The third-order valence-corrected chi connectivity index (χ3v) is 4.20. The molecule has 0 amide bonds. The second-order valence-corrected chi connectivity index (χ2v) is 6.12. The average Bonchev–Trinajstić information content (AvgIpc) is 2.31. The highest BCUT2D eigenvalue weighted by Gasteiger charge is 2.38. The minimum atomic E-state index is -2.51. The Hall–Kier alpha value is -0.480. The molecule has 1 aromatic rings. The van der Waals surface area contributed by atoms with Crippen molar-refractivity contribution in [1.82, 2.24) is 0 Å². The van der Waals surface area contributed by atoms with Gasteiger partial charge >= 0.3 is 0 Å². The zero-order valence-corrected chi connectivity index (χ0v) is 11.8. The van der Waals surface area contributed by atoms with Crippen LogP contribution in [-0.2, 0) is 6.42 Å².